The van der Waals surface area contributed by atoms with Gasteiger partial charge in [-0.15, -0.1) is 0 Å². The Morgan fingerprint density at radius 1 is 0.971 bits per heavy atom. The van der Waals surface area contributed by atoms with Gasteiger partial charge in [0.2, 0.25) is 5.91 Å². The van der Waals surface area contributed by atoms with Gasteiger partial charge in [-0.3, -0.25) is 25.0 Å². The topological polar surface area (TPSA) is 113 Å². The summed E-state index contributed by atoms with van der Waals surface area (Å²) in [5, 5.41) is 19.1. The number of nitro groups is 1. The lowest BCUT2D eigenvalue weighted by molar-refractivity contribution is -0.384. The van der Waals surface area contributed by atoms with Gasteiger partial charge in [-0.05, 0) is 72.7 Å². The Morgan fingerprint density at radius 2 is 1.62 bits per heavy atom. The molecule has 9 heteroatoms. The molecule has 0 aliphatic heterocycles. The maximum absolute atomic E-state index is 12.5. The Hall–Kier alpha value is -4.37. The number of benzene rings is 3. The monoisotopic (exact) mass is 474 g/mol. The number of nitrogens with one attached hydrogen (secondary N) is 3. The molecule has 0 radical (unpaired) electrons. The predicted octanol–water partition coefficient (Wildman–Crippen LogP) is 4.61. The first-order valence-corrected chi connectivity index (χ1v) is 10.7. The van der Waals surface area contributed by atoms with Gasteiger partial charge in [-0.25, -0.2) is 0 Å². The molecule has 3 N–H and O–H groups in total. The number of nitro benzene ring substituents is 1. The number of non-ortho nitro benzene ring substituents is 1. The van der Waals surface area contributed by atoms with Crippen LogP contribution in [0.3, 0.4) is 0 Å². The van der Waals surface area contributed by atoms with E-state index in [4.69, 9.17) is 12.2 Å². The molecule has 2 amide bonds. The average molecular weight is 475 g/mol. The van der Waals surface area contributed by atoms with Crippen LogP contribution in [0.25, 0.3) is 6.08 Å². The summed E-state index contributed by atoms with van der Waals surface area (Å²) in [6, 6.07) is 22.0. The lowest BCUT2D eigenvalue weighted by Gasteiger charge is -2.14. The Labute approximate surface area is 201 Å². The molecule has 0 bridgehead atoms. The Bertz CT molecular complexity index is 1210. The molecule has 3 rings (SSSR count). The van der Waals surface area contributed by atoms with Crippen LogP contribution in [0.15, 0.2) is 84.9 Å². The van der Waals surface area contributed by atoms with E-state index in [1.54, 1.807) is 24.3 Å². The van der Waals surface area contributed by atoms with Gasteiger partial charge in [0, 0.05) is 29.5 Å². The third-order valence-corrected chi connectivity index (χ3v) is 5.02. The number of carbonyl (C=O) groups excluding carboxylic acids is 2. The number of nitrogens with zero attached hydrogens (tertiary/aromatic N) is 1. The highest BCUT2D eigenvalue weighted by Crippen LogP contribution is 2.15. The zero-order chi connectivity index (χ0) is 24.5. The molecule has 0 fully saturated rings. The highest BCUT2D eigenvalue weighted by molar-refractivity contribution is 7.80. The molecule has 0 heterocycles. The van der Waals surface area contributed by atoms with Gasteiger partial charge < -0.3 is 10.6 Å². The SMILES string of the molecule is CC(NC(=O)c1ccc(NC(=S)NC(=O)/C=C/c2ccc([N+](=O)[O-])cc2)cc1)c1ccccc1. The largest absolute Gasteiger partial charge is 0.346 e. The van der Waals surface area contributed by atoms with Crippen molar-refractivity contribution >= 4 is 46.6 Å². The van der Waals surface area contributed by atoms with Crippen molar-refractivity contribution in [2.24, 2.45) is 0 Å². The first kappa shape index (κ1) is 24.3. The summed E-state index contributed by atoms with van der Waals surface area (Å²) >= 11 is 5.15. The van der Waals surface area contributed by atoms with Crippen molar-refractivity contribution in [1.29, 1.82) is 0 Å². The van der Waals surface area contributed by atoms with E-state index in [-0.39, 0.29) is 22.7 Å². The summed E-state index contributed by atoms with van der Waals surface area (Å²) in [4.78, 5) is 34.7. The first-order valence-electron chi connectivity index (χ1n) is 10.3. The van der Waals surface area contributed by atoms with Gasteiger partial charge in [-0.2, -0.15) is 0 Å². The number of hydrogen-bond donors (Lipinski definition) is 3. The van der Waals surface area contributed by atoms with Crippen LogP contribution in [0, 0.1) is 10.1 Å². The molecule has 3 aromatic rings. The minimum Gasteiger partial charge on any atom is -0.346 e. The molecule has 34 heavy (non-hydrogen) atoms. The number of anilines is 1. The molecule has 0 aliphatic rings. The van der Waals surface area contributed by atoms with Crippen LogP contribution in [-0.4, -0.2) is 21.9 Å². The van der Waals surface area contributed by atoms with Gasteiger partial charge in [0.05, 0.1) is 11.0 Å². The summed E-state index contributed by atoms with van der Waals surface area (Å²) < 4.78 is 0. The summed E-state index contributed by atoms with van der Waals surface area (Å²) in [5.41, 5.74) is 2.72. The van der Waals surface area contributed by atoms with Crippen LogP contribution in [0.4, 0.5) is 11.4 Å². The molecule has 1 unspecified atom stereocenters. The number of hydrogen-bond acceptors (Lipinski definition) is 5. The Morgan fingerprint density at radius 3 is 2.24 bits per heavy atom. The van der Waals surface area contributed by atoms with Gasteiger partial charge in [0.25, 0.3) is 11.6 Å². The first-order chi connectivity index (χ1) is 16.3. The van der Waals surface area contributed by atoms with Crippen molar-refractivity contribution in [2.75, 3.05) is 5.32 Å². The molecular formula is C25H22N4O4S. The number of amides is 2. The van der Waals surface area contributed by atoms with Crippen molar-refractivity contribution in [3.8, 4) is 0 Å². The fourth-order valence-electron chi connectivity index (χ4n) is 3.00. The van der Waals surface area contributed by atoms with Crippen molar-refractivity contribution < 1.29 is 14.5 Å². The highest BCUT2D eigenvalue weighted by Gasteiger charge is 2.11. The fraction of sp³-hybridized carbons (Fsp3) is 0.0800. The minimum absolute atomic E-state index is 0.0267. The van der Waals surface area contributed by atoms with Crippen LogP contribution in [0.2, 0.25) is 0 Å². The van der Waals surface area contributed by atoms with E-state index in [1.165, 1.54) is 36.4 Å². The average Bonchev–Trinajstić information content (AvgIpc) is 2.83. The zero-order valence-electron chi connectivity index (χ0n) is 18.2. The molecule has 3 aromatic carbocycles. The van der Waals surface area contributed by atoms with Crippen LogP contribution in [0.5, 0.6) is 0 Å². The Kier molecular flexibility index (Phi) is 8.20. The summed E-state index contributed by atoms with van der Waals surface area (Å²) in [6.07, 6.45) is 2.79. The third kappa shape index (κ3) is 7.07. The van der Waals surface area contributed by atoms with E-state index in [2.05, 4.69) is 16.0 Å². The molecule has 172 valence electrons. The third-order valence-electron chi connectivity index (χ3n) is 4.82. The second-order valence-electron chi connectivity index (χ2n) is 7.31. The molecule has 0 aliphatic carbocycles. The zero-order valence-corrected chi connectivity index (χ0v) is 19.0. The van der Waals surface area contributed by atoms with Gasteiger partial charge in [0.1, 0.15) is 0 Å². The van der Waals surface area contributed by atoms with Gasteiger partial charge >= 0.3 is 0 Å². The lowest BCUT2D eigenvalue weighted by Crippen LogP contribution is -2.32. The standard InChI is InChI=1S/C25H22N4O4S/c1-17(19-5-3-2-4-6-19)26-24(31)20-10-12-21(13-11-20)27-25(34)28-23(30)16-9-18-7-14-22(15-8-18)29(32)33/h2-17H,1H3,(H,26,31)(H2,27,28,30,34)/b16-9+. The second-order valence-corrected chi connectivity index (χ2v) is 7.72. The summed E-state index contributed by atoms with van der Waals surface area (Å²) in [6.45, 7) is 1.92. The predicted molar refractivity (Wildman–Crippen MR) is 135 cm³/mol. The van der Waals surface area contributed by atoms with Crippen molar-refractivity contribution in [3.05, 3.63) is 112 Å². The normalized spacial score (nSPS) is 11.4. The summed E-state index contributed by atoms with van der Waals surface area (Å²) in [5.74, 6) is -0.656. The van der Waals surface area contributed by atoms with E-state index in [0.29, 0.717) is 16.8 Å². The van der Waals surface area contributed by atoms with Crippen molar-refractivity contribution in [1.82, 2.24) is 10.6 Å². The fourth-order valence-corrected chi connectivity index (χ4v) is 3.22. The highest BCUT2D eigenvalue weighted by atomic mass is 32.1. The van der Waals surface area contributed by atoms with Crippen LogP contribution >= 0.6 is 12.2 Å². The number of carbonyl (C=O) groups is 2. The maximum Gasteiger partial charge on any atom is 0.269 e. The lowest BCUT2D eigenvalue weighted by atomic mass is 10.1. The molecular weight excluding hydrogens is 452 g/mol. The number of rotatable bonds is 7. The van der Waals surface area contributed by atoms with Crippen LogP contribution < -0.4 is 16.0 Å². The quantitative estimate of drug-likeness (QED) is 0.199. The van der Waals surface area contributed by atoms with Gasteiger partial charge in [0.15, 0.2) is 5.11 Å². The number of thiocarbonyl (C=S) groups is 1. The Balaban J connectivity index is 1.49. The smallest absolute Gasteiger partial charge is 0.269 e. The molecule has 8 nitrogen and oxygen atoms in total. The van der Waals surface area contributed by atoms with E-state index >= 15 is 0 Å². The summed E-state index contributed by atoms with van der Waals surface area (Å²) in [7, 11) is 0. The molecule has 0 saturated heterocycles. The van der Waals surface area contributed by atoms with Crippen molar-refractivity contribution in [3.63, 3.8) is 0 Å². The molecule has 0 saturated carbocycles. The van der Waals surface area contributed by atoms with Gasteiger partial charge in [-0.1, -0.05) is 30.3 Å². The van der Waals surface area contributed by atoms with Crippen molar-refractivity contribution in [2.45, 2.75) is 13.0 Å². The van der Waals surface area contributed by atoms with E-state index in [0.717, 1.165) is 5.56 Å². The second kappa shape index (κ2) is 11.5. The van der Waals surface area contributed by atoms with Crippen LogP contribution in [-0.2, 0) is 4.79 Å². The van der Waals surface area contributed by atoms with E-state index in [9.17, 15) is 19.7 Å². The van der Waals surface area contributed by atoms with E-state index in [1.807, 2.05) is 37.3 Å². The maximum atomic E-state index is 12.5. The molecule has 0 aromatic heterocycles. The molecule has 0 spiro atoms. The minimum atomic E-state index is -0.492. The van der Waals surface area contributed by atoms with E-state index < -0.39 is 10.8 Å². The molecule has 1 atom stereocenters. The van der Waals surface area contributed by atoms with Crippen LogP contribution in [0.1, 0.15) is 34.5 Å².